The molecule has 0 aliphatic carbocycles. The Labute approximate surface area is 74.5 Å². The summed E-state index contributed by atoms with van der Waals surface area (Å²) in [6.45, 7) is 2.10. The predicted molar refractivity (Wildman–Crippen MR) is 45.6 cm³/mol. The summed E-state index contributed by atoms with van der Waals surface area (Å²) in [5.74, 6) is 4.49. The van der Waals surface area contributed by atoms with Crippen molar-refractivity contribution in [3.63, 3.8) is 0 Å². The number of rotatable bonds is 1. The molecule has 1 heterocycles. The Bertz CT molecular complexity index is 308. The lowest BCUT2D eigenvalue weighted by atomic mass is 10.5. The molecule has 0 saturated heterocycles. The molecule has 0 radical (unpaired) electrons. The second-order valence-electron chi connectivity index (χ2n) is 1.85. The summed E-state index contributed by atoms with van der Waals surface area (Å²) in [6.07, 6.45) is 1.64. The van der Waals surface area contributed by atoms with Crippen molar-refractivity contribution in [2.45, 2.75) is 6.92 Å². The molecule has 0 amide bonds. The Morgan fingerprint density at radius 1 is 1.83 bits per heavy atom. The highest BCUT2D eigenvalue weighted by Gasteiger charge is 1.92. The minimum Gasteiger partial charge on any atom is -0.456 e. The van der Waals surface area contributed by atoms with Crippen molar-refractivity contribution < 1.29 is 9.53 Å². The van der Waals surface area contributed by atoms with Crippen LogP contribution in [-0.4, -0.2) is 16.9 Å². The lowest BCUT2D eigenvalue weighted by Gasteiger charge is -1.89. The van der Waals surface area contributed by atoms with Gasteiger partial charge in [0.2, 0.25) is 0 Å². The van der Waals surface area contributed by atoms with Gasteiger partial charge < -0.3 is 4.74 Å². The molecule has 1 aromatic heterocycles. The molecule has 0 aliphatic heterocycles. The molecule has 0 aliphatic rings. The average molecular weight is 181 g/mol. The molecule has 12 heavy (non-hydrogen) atoms. The van der Waals surface area contributed by atoms with Crippen LogP contribution in [0.1, 0.15) is 11.8 Å². The highest BCUT2D eigenvalue weighted by molar-refractivity contribution is 7.06. The van der Waals surface area contributed by atoms with Gasteiger partial charge in [0.15, 0.2) is 0 Å². The van der Waals surface area contributed by atoms with Crippen LogP contribution in [0.5, 0.6) is 0 Å². The Kier molecular flexibility index (Phi) is 3.30. The number of hydrogen-bond acceptors (Lipinski definition) is 4. The molecule has 0 aromatic carbocycles. The van der Waals surface area contributed by atoms with Crippen LogP contribution < -0.4 is 0 Å². The fraction of sp³-hybridized carbons (Fsp3) is 0.250. The first-order valence-corrected chi connectivity index (χ1v) is 4.19. The fourth-order valence-electron chi connectivity index (χ4n) is 0.560. The van der Waals surface area contributed by atoms with Crippen LogP contribution in [0.2, 0.25) is 0 Å². The van der Waals surface area contributed by atoms with E-state index in [4.69, 9.17) is 0 Å². The number of carbonyl (C=O) groups is 1. The van der Waals surface area contributed by atoms with Crippen molar-refractivity contribution in [1.29, 1.82) is 0 Å². The molecule has 0 unspecified atom stereocenters. The average Bonchev–Trinajstić information content (AvgIpc) is 2.53. The Hall–Kier alpha value is -1.34. The van der Waals surface area contributed by atoms with Crippen molar-refractivity contribution in [1.82, 2.24) is 4.37 Å². The van der Waals surface area contributed by atoms with Gasteiger partial charge in [-0.15, -0.1) is 0 Å². The van der Waals surface area contributed by atoms with Crippen LogP contribution in [0.4, 0.5) is 0 Å². The van der Waals surface area contributed by atoms with Crippen LogP contribution in [-0.2, 0) is 9.53 Å². The van der Waals surface area contributed by atoms with E-state index in [-0.39, 0.29) is 0 Å². The number of hydrogen-bond donors (Lipinski definition) is 0. The van der Waals surface area contributed by atoms with E-state index in [9.17, 15) is 4.79 Å². The summed E-state index contributed by atoms with van der Waals surface area (Å²) in [5.41, 5.74) is 0. The Morgan fingerprint density at radius 3 is 3.25 bits per heavy atom. The molecule has 1 rings (SSSR count). The lowest BCUT2D eigenvalue weighted by Crippen LogP contribution is -1.99. The number of esters is 1. The molecule has 0 atom stereocenters. The second kappa shape index (κ2) is 4.52. The molecular weight excluding hydrogens is 174 g/mol. The Morgan fingerprint density at radius 2 is 2.67 bits per heavy atom. The first kappa shape index (κ1) is 8.75. The van der Waals surface area contributed by atoms with Gasteiger partial charge in [0.25, 0.3) is 0 Å². The maximum Gasteiger partial charge on any atom is 0.384 e. The van der Waals surface area contributed by atoms with Gasteiger partial charge in [-0.2, -0.15) is 4.37 Å². The minimum atomic E-state index is -0.495. The molecule has 62 valence electrons. The molecule has 1 aromatic rings. The van der Waals surface area contributed by atoms with Crippen molar-refractivity contribution in [2.24, 2.45) is 0 Å². The van der Waals surface area contributed by atoms with Gasteiger partial charge in [-0.25, -0.2) is 4.79 Å². The van der Waals surface area contributed by atoms with Crippen LogP contribution in [0, 0.1) is 11.8 Å². The summed E-state index contributed by atoms with van der Waals surface area (Å²) in [7, 11) is 0. The van der Waals surface area contributed by atoms with Gasteiger partial charge in [0.05, 0.1) is 11.5 Å². The van der Waals surface area contributed by atoms with Gasteiger partial charge in [0.1, 0.15) is 0 Å². The number of aromatic nitrogens is 1. The number of ether oxygens (including phenoxy) is 1. The quantitative estimate of drug-likeness (QED) is 0.480. The Balaban J connectivity index is 2.54. The van der Waals surface area contributed by atoms with Crippen LogP contribution in [0.25, 0.3) is 0 Å². The van der Waals surface area contributed by atoms with Gasteiger partial charge in [0, 0.05) is 12.1 Å². The van der Waals surface area contributed by atoms with Crippen molar-refractivity contribution in [3.8, 4) is 11.8 Å². The summed E-state index contributed by atoms with van der Waals surface area (Å²) >= 11 is 1.25. The van der Waals surface area contributed by atoms with E-state index in [1.54, 1.807) is 19.2 Å². The van der Waals surface area contributed by atoms with Crippen molar-refractivity contribution in [2.75, 3.05) is 6.61 Å². The van der Waals surface area contributed by atoms with E-state index in [1.807, 2.05) is 0 Å². The van der Waals surface area contributed by atoms with Gasteiger partial charge in [-0.05, 0) is 30.4 Å². The molecule has 0 saturated carbocycles. The zero-order valence-corrected chi connectivity index (χ0v) is 7.35. The molecule has 3 nitrogen and oxygen atoms in total. The first-order valence-electron chi connectivity index (χ1n) is 3.42. The third-order valence-electron chi connectivity index (χ3n) is 1.00. The van der Waals surface area contributed by atoms with E-state index in [1.165, 1.54) is 11.5 Å². The van der Waals surface area contributed by atoms with E-state index in [0.717, 1.165) is 4.88 Å². The third-order valence-corrected chi connectivity index (χ3v) is 1.66. The SMILES string of the molecule is CCOC(=O)C#Cc1ccns1. The summed E-state index contributed by atoms with van der Waals surface area (Å²) in [6, 6.07) is 1.75. The van der Waals surface area contributed by atoms with E-state index >= 15 is 0 Å². The van der Waals surface area contributed by atoms with Gasteiger partial charge >= 0.3 is 5.97 Å². The maximum atomic E-state index is 10.7. The van der Waals surface area contributed by atoms with Crippen LogP contribution in [0.15, 0.2) is 12.3 Å². The fourth-order valence-corrected chi connectivity index (χ4v) is 1.01. The maximum absolute atomic E-state index is 10.7. The van der Waals surface area contributed by atoms with Crippen LogP contribution >= 0.6 is 11.5 Å². The topological polar surface area (TPSA) is 39.2 Å². The first-order chi connectivity index (χ1) is 5.83. The highest BCUT2D eigenvalue weighted by atomic mass is 32.1. The van der Waals surface area contributed by atoms with Crippen molar-refractivity contribution >= 4 is 17.5 Å². The monoisotopic (exact) mass is 181 g/mol. The van der Waals surface area contributed by atoms with Crippen molar-refractivity contribution in [3.05, 3.63) is 17.1 Å². The van der Waals surface area contributed by atoms with E-state index in [0.29, 0.717) is 6.61 Å². The lowest BCUT2D eigenvalue weighted by molar-refractivity contribution is -0.136. The smallest absolute Gasteiger partial charge is 0.384 e. The third kappa shape index (κ3) is 2.72. The highest BCUT2D eigenvalue weighted by Crippen LogP contribution is 2.00. The predicted octanol–water partition coefficient (Wildman–Crippen LogP) is 1.06. The molecule has 0 fully saturated rings. The van der Waals surface area contributed by atoms with E-state index in [2.05, 4.69) is 21.0 Å². The second-order valence-corrected chi connectivity index (χ2v) is 2.68. The zero-order chi connectivity index (χ0) is 8.81. The summed E-state index contributed by atoms with van der Waals surface area (Å²) in [5, 5.41) is 0. The van der Waals surface area contributed by atoms with Gasteiger partial charge in [-0.3, -0.25) is 0 Å². The standard InChI is InChI=1S/C8H7NO2S/c1-2-11-8(10)4-3-7-5-6-9-12-7/h5-6H,2H2,1H3. The number of nitrogens with zero attached hydrogens (tertiary/aromatic N) is 1. The molecule has 4 heteroatoms. The minimum absolute atomic E-state index is 0.357. The molecule has 0 N–H and O–H groups in total. The number of carbonyl (C=O) groups excluding carboxylic acids is 1. The van der Waals surface area contributed by atoms with Crippen LogP contribution in [0.3, 0.4) is 0 Å². The largest absolute Gasteiger partial charge is 0.456 e. The van der Waals surface area contributed by atoms with Gasteiger partial charge in [-0.1, -0.05) is 0 Å². The molecule has 0 spiro atoms. The van der Waals surface area contributed by atoms with E-state index < -0.39 is 5.97 Å². The zero-order valence-electron chi connectivity index (χ0n) is 6.53. The summed E-state index contributed by atoms with van der Waals surface area (Å²) < 4.78 is 8.44. The summed E-state index contributed by atoms with van der Waals surface area (Å²) in [4.78, 5) is 11.5. The normalized spacial score (nSPS) is 8.42. The molecular formula is C8H7NO2S. The molecule has 0 bridgehead atoms.